The topological polar surface area (TPSA) is 12.6 Å². The van der Waals surface area contributed by atoms with Crippen molar-refractivity contribution in [3.63, 3.8) is 0 Å². The van der Waals surface area contributed by atoms with Crippen LogP contribution < -0.4 is 4.57 Å². The highest BCUT2D eigenvalue weighted by Gasteiger charge is 2.24. The van der Waals surface area contributed by atoms with E-state index in [1.807, 2.05) is 12.1 Å². The highest BCUT2D eigenvalue weighted by Crippen LogP contribution is 2.42. The van der Waals surface area contributed by atoms with Gasteiger partial charge in [0.15, 0.2) is 11.9 Å². The fraction of sp³-hybridized carbons (Fsp3) is 0.241. The van der Waals surface area contributed by atoms with Crippen molar-refractivity contribution in [1.82, 2.24) is 4.40 Å². The van der Waals surface area contributed by atoms with Gasteiger partial charge in [-0.2, -0.15) is 0 Å². The van der Waals surface area contributed by atoms with Crippen LogP contribution in [-0.2, 0) is 13.5 Å². The maximum atomic E-state index is 7.52. The van der Waals surface area contributed by atoms with Crippen molar-refractivity contribution in [3.8, 4) is 0 Å². The molecular formula is C29H26N3+. The van der Waals surface area contributed by atoms with Crippen LogP contribution in [-0.4, -0.2) is 4.40 Å². The molecule has 0 N–H and O–H groups in total. The molecule has 0 radical (unpaired) electrons. The average Bonchev–Trinajstić information content (AvgIpc) is 3.07. The van der Waals surface area contributed by atoms with Gasteiger partial charge >= 0.3 is 0 Å². The van der Waals surface area contributed by atoms with Gasteiger partial charge < -0.3 is 4.40 Å². The molecule has 3 aromatic heterocycles. The van der Waals surface area contributed by atoms with Crippen LogP contribution >= 0.6 is 0 Å². The zero-order valence-corrected chi connectivity index (χ0v) is 19.2. The Morgan fingerprint density at radius 1 is 0.938 bits per heavy atom. The highest BCUT2D eigenvalue weighted by molar-refractivity contribution is 6.26. The third-order valence-electron chi connectivity index (χ3n) is 6.74. The molecule has 0 bridgehead atoms. The van der Waals surface area contributed by atoms with E-state index in [0.29, 0.717) is 5.69 Å². The Morgan fingerprint density at radius 2 is 1.75 bits per heavy atom. The fourth-order valence-electron chi connectivity index (χ4n) is 5.55. The van der Waals surface area contributed by atoms with Crippen molar-refractivity contribution in [1.29, 1.82) is 0 Å². The summed E-state index contributed by atoms with van der Waals surface area (Å²) < 4.78 is 4.71. The molecule has 156 valence electrons. The largest absolute Gasteiger partial charge is 0.308 e. The molecule has 32 heavy (non-hydrogen) atoms. The summed E-state index contributed by atoms with van der Waals surface area (Å²) in [6.45, 7) is 16.6. The lowest BCUT2D eigenvalue weighted by Crippen LogP contribution is -2.29. The Bertz CT molecular complexity index is 1750. The minimum absolute atomic E-state index is 0.213. The molecule has 0 fully saturated rings. The van der Waals surface area contributed by atoms with Gasteiger partial charge in [-0.05, 0) is 58.9 Å². The molecule has 3 heterocycles. The van der Waals surface area contributed by atoms with E-state index in [4.69, 9.17) is 6.57 Å². The Balaban J connectivity index is 1.96. The standard InChI is InChI=1S/C29H26N3/c1-17-7-9-21-22-15-20(30-5)8-10-23(22)32-24-14-18(16-29(2,3)4)13-19-11-12-31(6)28(26(19)24)25(17)27(21)32/h7-15H,16H2,1-4,6H3/q+1. The number of pyridine rings is 2. The van der Waals surface area contributed by atoms with Crippen molar-refractivity contribution in [2.75, 3.05) is 0 Å². The monoisotopic (exact) mass is 416 g/mol. The van der Waals surface area contributed by atoms with E-state index in [9.17, 15) is 0 Å². The molecule has 3 aromatic carbocycles. The Labute approximate surface area is 187 Å². The lowest BCUT2D eigenvalue weighted by Gasteiger charge is -2.20. The molecule has 0 saturated heterocycles. The average molecular weight is 417 g/mol. The molecule has 0 atom stereocenters. The summed E-state index contributed by atoms with van der Waals surface area (Å²) in [5, 5.41) is 6.26. The van der Waals surface area contributed by atoms with Gasteiger partial charge in [0, 0.05) is 11.5 Å². The summed E-state index contributed by atoms with van der Waals surface area (Å²) in [4.78, 5) is 3.70. The second kappa shape index (κ2) is 6.20. The minimum Gasteiger partial charge on any atom is -0.308 e. The van der Waals surface area contributed by atoms with Gasteiger partial charge in [0.25, 0.3) is 0 Å². The summed E-state index contributed by atoms with van der Waals surface area (Å²) in [6, 6.07) is 17.6. The first-order valence-corrected chi connectivity index (χ1v) is 11.2. The van der Waals surface area contributed by atoms with Gasteiger partial charge in [0.05, 0.1) is 33.9 Å². The third-order valence-corrected chi connectivity index (χ3v) is 6.74. The summed E-state index contributed by atoms with van der Waals surface area (Å²) in [5.41, 5.74) is 8.50. The predicted octanol–water partition coefficient (Wildman–Crippen LogP) is 7.26. The number of fused-ring (bicyclic) bond motifs is 5. The molecule has 6 rings (SSSR count). The van der Waals surface area contributed by atoms with Gasteiger partial charge in [-0.15, -0.1) is 0 Å². The zero-order valence-electron chi connectivity index (χ0n) is 19.2. The van der Waals surface area contributed by atoms with E-state index in [-0.39, 0.29) is 5.41 Å². The summed E-state index contributed by atoms with van der Waals surface area (Å²) in [6.07, 6.45) is 3.22. The SMILES string of the molecule is [C-]#[N+]c1ccc2c(c1)c1ccc(C)c3c1n2c1cc(CC(C)(C)C)cc2cc[n+](C)c3c21. The highest BCUT2D eigenvalue weighted by atomic mass is 15.0. The van der Waals surface area contributed by atoms with E-state index in [2.05, 4.69) is 91.2 Å². The molecule has 3 nitrogen and oxygen atoms in total. The lowest BCUT2D eigenvalue weighted by molar-refractivity contribution is -0.643. The molecule has 0 spiro atoms. The molecule has 0 aliphatic carbocycles. The first kappa shape index (κ1) is 19.1. The van der Waals surface area contributed by atoms with Crippen molar-refractivity contribution < 1.29 is 4.57 Å². The summed E-state index contributed by atoms with van der Waals surface area (Å²) >= 11 is 0. The molecule has 0 amide bonds. The van der Waals surface area contributed by atoms with Gasteiger partial charge in [0.2, 0.25) is 5.52 Å². The minimum atomic E-state index is 0.213. The number of aromatic nitrogens is 2. The van der Waals surface area contributed by atoms with Crippen LogP contribution in [0.5, 0.6) is 0 Å². The third kappa shape index (κ3) is 2.50. The summed E-state index contributed by atoms with van der Waals surface area (Å²) in [7, 11) is 2.15. The first-order valence-electron chi connectivity index (χ1n) is 11.2. The van der Waals surface area contributed by atoms with Gasteiger partial charge in [-0.3, -0.25) is 0 Å². The predicted molar refractivity (Wildman–Crippen MR) is 134 cm³/mol. The molecule has 0 saturated carbocycles. The molecule has 0 aliphatic heterocycles. The number of hydrogen-bond acceptors (Lipinski definition) is 0. The second-order valence-electron chi connectivity index (χ2n) is 10.4. The van der Waals surface area contributed by atoms with Gasteiger partial charge in [-0.25, -0.2) is 9.41 Å². The molecular weight excluding hydrogens is 390 g/mol. The van der Waals surface area contributed by atoms with Crippen LogP contribution in [0.2, 0.25) is 0 Å². The zero-order chi connectivity index (χ0) is 22.4. The molecule has 3 heteroatoms. The number of nitrogens with zero attached hydrogens (tertiary/aromatic N) is 3. The van der Waals surface area contributed by atoms with Crippen molar-refractivity contribution >= 4 is 54.7 Å². The van der Waals surface area contributed by atoms with Crippen LogP contribution in [0.1, 0.15) is 31.9 Å². The maximum Gasteiger partial charge on any atom is 0.224 e. The van der Waals surface area contributed by atoms with Crippen LogP contribution in [0.3, 0.4) is 0 Å². The van der Waals surface area contributed by atoms with Crippen LogP contribution in [0, 0.1) is 18.9 Å². The normalized spacial score (nSPS) is 12.6. The van der Waals surface area contributed by atoms with Gasteiger partial charge in [-0.1, -0.05) is 45.0 Å². The molecule has 0 aliphatic rings. The van der Waals surface area contributed by atoms with Crippen molar-refractivity contribution in [3.05, 3.63) is 77.3 Å². The summed E-state index contributed by atoms with van der Waals surface area (Å²) in [5.74, 6) is 0. The Hall–Kier alpha value is -3.64. The van der Waals surface area contributed by atoms with E-state index in [1.165, 1.54) is 54.7 Å². The van der Waals surface area contributed by atoms with Crippen molar-refractivity contribution in [2.24, 2.45) is 12.5 Å². The second-order valence-corrected chi connectivity index (χ2v) is 10.4. The smallest absolute Gasteiger partial charge is 0.224 e. The number of rotatable bonds is 1. The Morgan fingerprint density at radius 3 is 2.50 bits per heavy atom. The molecule has 0 unspecified atom stereocenters. The quantitative estimate of drug-likeness (QED) is 0.116. The van der Waals surface area contributed by atoms with E-state index < -0.39 is 0 Å². The van der Waals surface area contributed by atoms with E-state index in [1.54, 1.807) is 0 Å². The first-order chi connectivity index (χ1) is 15.3. The number of benzene rings is 3. The van der Waals surface area contributed by atoms with E-state index in [0.717, 1.165) is 11.8 Å². The van der Waals surface area contributed by atoms with Crippen LogP contribution in [0.25, 0.3) is 53.8 Å². The number of hydrogen-bond donors (Lipinski definition) is 0. The fourth-order valence-corrected chi connectivity index (χ4v) is 5.55. The van der Waals surface area contributed by atoms with Gasteiger partial charge in [0.1, 0.15) is 7.05 Å². The maximum absolute atomic E-state index is 7.52. The van der Waals surface area contributed by atoms with Crippen LogP contribution in [0.4, 0.5) is 5.69 Å². The van der Waals surface area contributed by atoms with Crippen LogP contribution in [0.15, 0.2) is 54.7 Å². The Kier molecular flexibility index (Phi) is 3.70. The lowest BCUT2D eigenvalue weighted by atomic mass is 9.87. The molecule has 6 aromatic rings. The van der Waals surface area contributed by atoms with E-state index >= 15 is 0 Å². The van der Waals surface area contributed by atoms with Crippen molar-refractivity contribution in [2.45, 2.75) is 34.1 Å². The number of aryl methyl sites for hydroxylation is 2.